The number of nitrogens with one attached hydrogen (secondary N) is 1. The van der Waals surface area contributed by atoms with Crippen molar-refractivity contribution in [3.05, 3.63) is 16.1 Å². The third-order valence-electron chi connectivity index (χ3n) is 2.20. The van der Waals surface area contributed by atoms with Gasteiger partial charge in [-0.1, -0.05) is 13.8 Å². The standard InChI is InChI=1S/C11H15N3OS/c1-7(2)10(4-12)11(15)13-5-9-6-16-8(3)14-9/h6-7,10H,5H2,1-3H3,(H,13,15). The van der Waals surface area contributed by atoms with Gasteiger partial charge in [0.05, 0.1) is 23.3 Å². The molecule has 1 amide bonds. The van der Waals surface area contributed by atoms with Crippen LogP contribution in [0.1, 0.15) is 24.5 Å². The van der Waals surface area contributed by atoms with E-state index in [-0.39, 0.29) is 11.8 Å². The van der Waals surface area contributed by atoms with Gasteiger partial charge >= 0.3 is 0 Å². The van der Waals surface area contributed by atoms with Gasteiger partial charge in [-0.2, -0.15) is 5.26 Å². The smallest absolute Gasteiger partial charge is 0.237 e. The Labute approximate surface area is 99.3 Å². The molecule has 0 aliphatic rings. The molecule has 0 aliphatic carbocycles. The zero-order valence-corrected chi connectivity index (χ0v) is 10.5. The third kappa shape index (κ3) is 3.31. The van der Waals surface area contributed by atoms with Crippen molar-refractivity contribution in [2.75, 3.05) is 0 Å². The van der Waals surface area contributed by atoms with Crippen molar-refractivity contribution in [3.63, 3.8) is 0 Å². The predicted molar refractivity (Wildman–Crippen MR) is 62.6 cm³/mol. The van der Waals surface area contributed by atoms with Gasteiger partial charge in [0.15, 0.2) is 0 Å². The summed E-state index contributed by atoms with van der Waals surface area (Å²) in [4.78, 5) is 15.9. The lowest BCUT2D eigenvalue weighted by molar-refractivity contribution is -0.124. The number of thiazole rings is 1. The second-order valence-electron chi connectivity index (χ2n) is 3.93. The van der Waals surface area contributed by atoms with E-state index in [9.17, 15) is 4.79 Å². The Hall–Kier alpha value is -1.41. The maximum Gasteiger partial charge on any atom is 0.237 e. The van der Waals surface area contributed by atoms with Gasteiger partial charge in [-0.05, 0) is 12.8 Å². The number of rotatable bonds is 4. The Morgan fingerprint density at radius 1 is 1.69 bits per heavy atom. The van der Waals surface area contributed by atoms with Crippen molar-refractivity contribution in [2.24, 2.45) is 11.8 Å². The molecule has 5 heteroatoms. The van der Waals surface area contributed by atoms with Crippen LogP contribution in [-0.2, 0) is 11.3 Å². The molecule has 86 valence electrons. The largest absolute Gasteiger partial charge is 0.349 e. The number of carbonyl (C=O) groups excluding carboxylic acids is 1. The third-order valence-corrected chi connectivity index (χ3v) is 3.02. The average molecular weight is 237 g/mol. The summed E-state index contributed by atoms with van der Waals surface area (Å²) in [6, 6.07) is 2.01. The summed E-state index contributed by atoms with van der Waals surface area (Å²) in [6.45, 7) is 6.04. The van der Waals surface area contributed by atoms with Crippen molar-refractivity contribution >= 4 is 17.2 Å². The molecule has 1 aromatic rings. The maximum atomic E-state index is 11.6. The van der Waals surface area contributed by atoms with Crippen LogP contribution >= 0.6 is 11.3 Å². The van der Waals surface area contributed by atoms with Crippen LogP contribution in [0, 0.1) is 30.1 Å². The van der Waals surface area contributed by atoms with Crippen molar-refractivity contribution in [2.45, 2.75) is 27.3 Å². The first-order chi connectivity index (χ1) is 7.54. The molecular formula is C11H15N3OS. The number of carbonyl (C=O) groups is 1. The molecule has 0 saturated carbocycles. The van der Waals surface area contributed by atoms with Gasteiger partial charge in [-0.15, -0.1) is 11.3 Å². The Kier molecular flexibility index (Phi) is 4.44. The molecule has 0 fully saturated rings. The van der Waals surface area contributed by atoms with Gasteiger partial charge in [-0.3, -0.25) is 4.79 Å². The molecule has 1 unspecified atom stereocenters. The van der Waals surface area contributed by atoms with E-state index in [4.69, 9.17) is 5.26 Å². The number of hydrogen-bond donors (Lipinski definition) is 1. The van der Waals surface area contributed by atoms with Crippen LogP contribution in [0.25, 0.3) is 0 Å². The van der Waals surface area contributed by atoms with Gasteiger partial charge in [0.25, 0.3) is 0 Å². The molecule has 1 aromatic heterocycles. The first-order valence-corrected chi connectivity index (χ1v) is 6.01. The SMILES string of the molecule is Cc1nc(CNC(=O)C(C#N)C(C)C)cs1. The number of nitrogens with zero attached hydrogens (tertiary/aromatic N) is 2. The van der Waals surface area contributed by atoms with Crippen molar-refractivity contribution in [3.8, 4) is 6.07 Å². The summed E-state index contributed by atoms with van der Waals surface area (Å²) in [5.74, 6) is -0.773. The number of nitriles is 1. The second kappa shape index (κ2) is 5.61. The Bertz CT molecular complexity index is 406. The molecule has 1 atom stereocenters. The molecule has 0 aliphatic heterocycles. The number of hydrogen-bond acceptors (Lipinski definition) is 4. The Balaban J connectivity index is 2.50. The highest BCUT2D eigenvalue weighted by Gasteiger charge is 2.21. The van der Waals surface area contributed by atoms with Crippen LogP contribution in [0.15, 0.2) is 5.38 Å². The monoisotopic (exact) mass is 237 g/mol. The molecular weight excluding hydrogens is 222 g/mol. The van der Waals surface area contributed by atoms with Gasteiger partial charge in [0.1, 0.15) is 5.92 Å². The van der Waals surface area contributed by atoms with E-state index < -0.39 is 5.92 Å². The Morgan fingerprint density at radius 2 is 2.38 bits per heavy atom. The summed E-state index contributed by atoms with van der Waals surface area (Å²) in [5, 5.41) is 14.5. The van der Waals surface area contributed by atoms with Crippen LogP contribution in [0.4, 0.5) is 0 Å². The predicted octanol–water partition coefficient (Wildman–Crippen LogP) is 1.86. The van der Waals surface area contributed by atoms with Crippen molar-refractivity contribution < 1.29 is 4.79 Å². The van der Waals surface area contributed by atoms with E-state index in [1.807, 2.05) is 32.2 Å². The van der Waals surface area contributed by atoms with Crippen LogP contribution in [0.5, 0.6) is 0 Å². The minimum absolute atomic E-state index is 0.0298. The molecule has 4 nitrogen and oxygen atoms in total. The van der Waals surface area contributed by atoms with E-state index in [1.165, 1.54) is 0 Å². The molecule has 0 aromatic carbocycles. The van der Waals surface area contributed by atoms with Crippen LogP contribution in [0.3, 0.4) is 0 Å². The first-order valence-electron chi connectivity index (χ1n) is 5.13. The minimum Gasteiger partial charge on any atom is -0.349 e. The number of aromatic nitrogens is 1. The number of aryl methyl sites for hydroxylation is 1. The van der Waals surface area contributed by atoms with Gasteiger partial charge in [0.2, 0.25) is 5.91 Å². The average Bonchev–Trinajstić information content (AvgIpc) is 2.62. The molecule has 0 radical (unpaired) electrons. The quantitative estimate of drug-likeness (QED) is 0.869. The Morgan fingerprint density at radius 3 is 2.81 bits per heavy atom. The van der Waals surface area contributed by atoms with Crippen molar-refractivity contribution in [1.82, 2.24) is 10.3 Å². The van der Waals surface area contributed by atoms with Crippen LogP contribution in [-0.4, -0.2) is 10.9 Å². The van der Waals surface area contributed by atoms with Gasteiger partial charge in [0, 0.05) is 5.38 Å². The van der Waals surface area contributed by atoms with E-state index in [0.717, 1.165) is 10.7 Å². The topological polar surface area (TPSA) is 65.8 Å². The normalized spacial score (nSPS) is 12.2. The lowest BCUT2D eigenvalue weighted by atomic mass is 9.97. The second-order valence-corrected chi connectivity index (χ2v) is 4.99. The van der Waals surface area contributed by atoms with E-state index >= 15 is 0 Å². The molecule has 16 heavy (non-hydrogen) atoms. The van der Waals surface area contributed by atoms with E-state index in [0.29, 0.717) is 6.54 Å². The molecule has 0 spiro atoms. The zero-order chi connectivity index (χ0) is 12.1. The zero-order valence-electron chi connectivity index (χ0n) is 9.65. The maximum absolute atomic E-state index is 11.6. The van der Waals surface area contributed by atoms with E-state index in [2.05, 4.69) is 10.3 Å². The molecule has 1 heterocycles. The summed E-state index contributed by atoms with van der Waals surface area (Å²) in [7, 11) is 0. The lowest BCUT2D eigenvalue weighted by Crippen LogP contribution is -2.32. The summed E-state index contributed by atoms with van der Waals surface area (Å²) in [5.41, 5.74) is 0.844. The molecule has 0 saturated heterocycles. The van der Waals surface area contributed by atoms with Gasteiger partial charge in [-0.25, -0.2) is 4.98 Å². The van der Waals surface area contributed by atoms with Crippen molar-refractivity contribution in [1.29, 1.82) is 5.26 Å². The summed E-state index contributed by atoms with van der Waals surface area (Å²) < 4.78 is 0. The first kappa shape index (κ1) is 12.7. The van der Waals surface area contributed by atoms with Gasteiger partial charge < -0.3 is 5.32 Å². The fourth-order valence-electron chi connectivity index (χ4n) is 1.29. The molecule has 1 N–H and O–H groups in total. The lowest BCUT2D eigenvalue weighted by Gasteiger charge is -2.12. The highest BCUT2D eigenvalue weighted by atomic mass is 32.1. The summed E-state index contributed by atoms with van der Waals surface area (Å²) in [6.07, 6.45) is 0. The summed E-state index contributed by atoms with van der Waals surface area (Å²) >= 11 is 1.55. The highest BCUT2D eigenvalue weighted by Crippen LogP contribution is 2.11. The van der Waals surface area contributed by atoms with Crippen LogP contribution < -0.4 is 5.32 Å². The van der Waals surface area contributed by atoms with E-state index in [1.54, 1.807) is 11.3 Å². The fourth-order valence-corrected chi connectivity index (χ4v) is 1.90. The van der Waals surface area contributed by atoms with Crippen LogP contribution in [0.2, 0.25) is 0 Å². The minimum atomic E-state index is -0.584. The molecule has 1 rings (SSSR count). The highest BCUT2D eigenvalue weighted by molar-refractivity contribution is 7.09. The number of amides is 1. The fraction of sp³-hybridized carbons (Fsp3) is 0.545. The molecule has 0 bridgehead atoms.